The van der Waals surface area contributed by atoms with Crippen LogP contribution in [0.2, 0.25) is 5.02 Å². The van der Waals surface area contributed by atoms with Crippen LogP contribution in [0.25, 0.3) is 0 Å². The summed E-state index contributed by atoms with van der Waals surface area (Å²) in [6.07, 6.45) is 1.69. The van der Waals surface area contributed by atoms with Gasteiger partial charge in [0.05, 0.1) is 5.25 Å². The third kappa shape index (κ3) is 5.50. The van der Waals surface area contributed by atoms with E-state index in [1.807, 2.05) is 5.32 Å². The Bertz CT molecular complexity index is 794. The molecule has 2 rings (SSSR count). The molecular formula is C16H18ClN5O3S. The number of hydrogen-bond acceptors (Lipinski definition) is 6. The zero-order valence-corrected chi connectivity index (χ0v) is 15.6. The van der Waals surface area contributed by atoms with Crippen molar-refractivity contribution in [2.75, 3.05) is 0 Å². The number of urea groups is 1. The minimum atomic E-state index is -0.896. The molecule has 3 amide bonds. The summed E-state index contributed by atoms with van der Waals surface area (Å²) in [6, 6.07) is 6.06. The van der Waals surface area contributed by atoms with Crippen molar-refractivity contribution >= 4 is 35.3 Å². The Morgan fingerprint density at radius 3 is 2.73 bits per heavy atom. The van der Waals surface area contributed by atoms with Gasteiger partial charge in [-0.05, 0) is 31.2 Å². The molecule has 0 aliphatic carbocycles. The first-order valence-corrected chi connectivity index (χ1v) is 8.84. The minimum Gasteiger partial charge on any atom is -0.486 e. The molecule has 0 spiro atoms. The molecule has 0 bridgehead atoms. The first-order valence-electron chi connectivity index (χ1n) is 7.59. The summed E-state index contributed by atoms with van der Waals surface area (Å²) >= 11 is 7.00. The van der Waals surface area contributed by atoms with E-state index in [2.05, 4.69) is 16.8 Å². The smallest absolute Gasteiger partial charge is 0.318 e. The molecule has 0 fully saturated rings. The summed E-state index contributed by atoms with van der Waals surface area (Å²) in [5, 5.41) is 10.8. The van der Waals surface area contributed by atoms with E-state index in [1.54, 1.807) is 41.8 Å². The molecule has 8 nitrogen and oxygen atoms in total. The van der Waals surface area contributed by atoms with Gasteiger partial charge in [-0.25, -0.2) is 4.79 Å². The topological polar surface area (TPSA) is 112 Å². The van der Waals surface area contributed by atoms with E-state index in [9.17, 15) is 9.59 Å². The number of carbonyl (C=O) groups is 2. The highest BCUT2D eigenvalue weighted by molar-refractivity contribution is 8.00. The van der Waals surface area contributed by atoms with Crippen molar-refractivity contribution in [1.82, 2.24) is 20.1 Å². The summed E-state index contributed by atoms with van der Waals surface area (Å²) in [5.74, 6) is 0.713. The predicted molar refractivity (Wildman–Crippen MR) is 99.0 cm³/mol. The molecule has 0 aliphatic rings. The van der Waals surface area contributed by atoms with Gasteiger partial charge in [-0.2, -0.15) is 0 Å². The lowest BCUT2D eigenvalue weighted by Crippen LogP contribution is -2.39. The number of imide groups is 1. The van der Waals surface area contributed by atoms with Gasteiger partial charge in [-0.15, -0.1) is 16.8 Å². The maximum absolute atomic E-state index is 11.8. The Hall–Kier alpha value is -2.52. The Balaban J connectivity index is 2.08. The average molecular weight is 396 g/mol. The number of nitrogens with two attached hydrogens (primary N) is 1. The van der Waals surface area contributed by atoms with Crippen molar-refractivity contribution in [2.24, 2.45) is 5.73 Å². The highest BCUT2D eigenvalue weighted by Crippen LogP contribution is 2.23. The van der Waals surface area contributed by atoms with Crippen LogP contribution in [0.3, 0.4) is 0 Å². The number of aromatic nitrogens is 3. The van der Waals surface area contributed by atoms with E-state index in [0.29, 0.717) is 28.3 Å². The second kappa shape index (κ2) is 9.25. The summed E-state index contributed by atoms with van der Waals surface area (Å²) in [7, 11) is 0. The lowest BCUT2D eigenvalue weighted by Gasteiger charge is -2.12. The lowest BCUT2D eigenvalue weighted by molar-refractivity contribution is -0.119. The van der Waals surface area contributed by atoms with Gasteiger partial charge in [0.15, 0.2) is 11.0 Å². The Morgan fingerprint density at radius 2 is 2.12 bits per heavy atom. The van der Waals surface area contributed by atoms with E-state index in [0.717, 1.165) is 11.8 Å². The van der Waals surface area contributed by atoms with Crippen molar-refractivity contribution in [3.05, 3.63) is 47.8 Å². The molecule has 0 aliphatic heterocycles. The van der Waals surface area contributed by atoms with Gasteiger partial charge in [-0.1, -0.05) is 29.4 Å². The van der Waals surface area contributed by atoms with Crippen LogP contribution in [-0.4, -0.2) is 32.0 Å². The lowest BCUT2D eigenvalue weighted by atomic mass is 10.3. The summed E-state index contributed by atoms with van der Waals surface area (Å²) in [6.45, 7) is 5.99. The normalized spacial score (nSPS) is 11.6. The van der Waals surface area contributed by atoms with E-state index < -0.39 is 17.2 Å². The minimum absolute atomic E-state index is 0.185. The number of primary amides is 1. The van der Waals surface area contributed by atoms with Crippen molar-refractivity contribution < 1.29 is 14.3 Å². The van der Waals surface area contributed by atoms with Gasteiger partial charge in [0.2, 0.25) is 5.91 Å². The number of benzene rings is 1. The van der Waals surface area contributed by atoms with E-state index >= 15 is 0 Å². The van der Waals surface area contributed by atoms with Crippen LogP contribution in [0.5, 0.6) is 5.75 Å². The molecule has 1 heterocycles. The monoisotopic (exact) mass is 395 g/mol. The fraction of sp³-hybridized carbons (Fsp3) is 0.250. The van der Waals surface area contributed by atoms with Gasteiger partial charge in [0, 0.05) is 11.6 Å². The van der Waals surface area contributed by atoms with Gasteiger partial charge in [0.1, 0.15) is 12.4 Å². The molecule has 0 saturated heterocycles. The van der Waals surface area contributed by atoms with Crippen LogP contribution < -0.4 is 15.8 Å². The van der Waals surface area contributed by atoms with E-state index in [-0.39, 0.29) is 6.61 Å². The highest BCUT2D eigenvalue weighted by Gasteiger charge is 2.20. The molecule has 1 atom stereocenters. The zero-order valence-electron chi connectivity index (χ0n) is 14.0. The van der Waals surface area contributed by atoms with E-state index in [4.69, 9.17) is 22.1 Å². The summed E-state index contributed by atoms with van der Waals surface area (Å²) in [5.41, 5.74) is 4.96. The van der Waals surface area contributed by atoms with Crippen molar-refractivity contribution in [1.29, 1.82) is 0 Å². The molecule has 138 valence electrons. The molecule has 2 aromatic rings. The second-order valence-electron chi connectivity index (χ2n) is 5.15. The van der Waals surface area contributed by atoms with Crippen LogP contribution in [0, 0.1) is 0 Å². The maximum atomic E-state index is 11.8. The number of allylic oxidation sites excluding steroid dienone is 1. The first kappa shape index (κ1) is 19.8. The molecular weight excluding hydrogens is 378 g/mol. The summed E-state index contributed by atoms with van der Waals surface area (Å²) in [4.78, 5) is 22.6. The number of carbonyl (C=O) groups excluding carboxylic acids is 2. The van der Waals surface area contributed by atoms with Crippen LogP contribution >= 0.6 is 23.4 Å². The van der Waals surface area contributed by atoms with Crippen LogP contribution in [0.15, 0.2) is 42.1 Å². The number of amides is 3. The van der Waals surface area contributed by atoms with Crippen molar-refractivity contribution in [3.8, 4) is 5.75 Å². The molecule has 1 aromatic carbocycles. The van der Waals surface area contributed by atoms with E-state index in [1.165, 1.54) is 0 Å². The predicted octanol–water partition coefficient (Wildman–Crippen LogP) is 2.37. The zero-order chi connectivity index (χ0) is 19.1. The Labute approximate surface area is 159 Å². The standard InChI is InChI=1S/C16H18ClN5O3S/c1-3-8-22-13(9-25-12-6-4-11(17)5-7-12)20-21-16(22)26-10(2)14(23)19-15(18)24/h3-7,10H,1,8-9H2,2H3,(H3,18,19,23,24)/t10-/m0/s1. The molecule has 10 heteroatoms. The van der Waals surface area contributed by atoms with Crippen LogP contribution in [-0.2, 0) is 17.9 Å². The van der Waals surface area contributed by atoms with Crippen molar-refractivity contribution in [2.45, 2.75) is 30.5 Å². The van der Waals surface area contributed by atoms with Crippen LogP contribution in [0.1, 0.15) is 12.7 Å². The molecule has 1 aromatic heterocycles. The van der Waals surface area contributed by atoms with Gasteiger partial charge in [-0.3, -0.25) is 14.7 Å². The van der Waals surface area contributed by atoms with Crippen LogP contribution in [0.4, 0.5) is 4.79 Å². The number of nitrogens with zero attached hydrogens (tertiary/aromatic N) is 3. The molecule has 0 radical (unpaired) electrons. The van der Waals surface area contributed by atoms with Crippen molar-refractivity contribution in [3.63, 3.8) is 0 Å². The quantitative estimate of drug-likeness (QED) is 0.524. The fourth-order valence-corrected chi connectivity index (χ4v) is 2.94. The average Bonchev–Trinajstić information content (AvgIpc) is 2.96. The number of nitrogens with one attached hydrogen (secondary N) is 1. The number of ether oxygens (including phenoxy) is 1. The summed E-state index contributed by atoms with van der Waals surface area (Å²) < 4.78 is 7.47. The highest BCUT2D eigenvalue weighted by atomic mass is 35.5. The molecule has 3 N–H and O–H groups in total. The van der Waals surface area contributed by atoms with Gasteiger partial charge < -0.3 is 10.5 Å². The number of halogens is 1. The molecule has 0 unspecified atom stereocenters. The molecule has 26 heavy (non-hydrogen) atoms. The third-order valence-corrected chi connectivity index (χ3v) is 4.52. The SMILES string of the molecule is C=CCn1c(COc2ccc(Cl)cc2)nnc1S[C@@H](C)C(=O)NC(N)=O. The van der Waals surface area contributed by atoms with Gasteiger partial charge >= 0.3 is 6.03 Å². The fourth-order valence-electron chi connectivity index (χ4n) is 1.94. The number of rotatable bonds is 8. The Morgan fingerprint density at radius 1 is 1.42 bits per heavy atom. The number of hydrogen-bond donors (Lipinski definition) is 2. The largest absolute Gasteiger partial charge is 0.486 e. The second-order valence-corrected chi connectivity index (χ2v) is 6.90. The Kier molecular flexibility index (Phi) is 7.05. The third-order valence-electron chi connectivity index (χ3n) is 3.18. The first-order chi connectivity index (χ1) is 12.4. The maximum Gasteiger partial charge on any atom is 0.318 e. The van der Waals surface area contributed by atoms with Gasteiger partial charge in [0.25, 0.3) is 0 Å². The molecule has 0 saturated carbocycles. The number of thioether (sulfide) groups is 1.